The molecule has 2 unspecified atom stereocenters. The maximum atomic E-state index is 13.1. The predicted molar refractivity (Wildman–Crippen MR) is 180 cm³/mol. The van der Waals surface area contributed by atoms with Crippen molar-refractivity contribution in [1.82, 2.24) is 15.1 Å². The molecule has 0 radical (unpaired) electrons. The number of unbranched alkanes of at least 4 members (excludes halogenated alkanes) is 13. The van der Waals surface area contributed by atoms with Gasteiger partial charge in [0.2, 0.25) is 5.91 Å². The molecule has 1 spiro atoms. The third-order valence-corrected chi connectivity index (χ3v) is 10.4. The fourth-order valence-corrected chi connectivity index (χ4v) is 7.38. The number of likely N-dealkylation sites (tertiary alicyclic amines) is 2. The summed E-state index contributed by atoms with van der Waals surface area (Å²) >= 11 is 0. The number of hydrogen-bond donors (Lipinski definition) is 1. The standard InChI is InChI=1S/C37H73N3O/c1-5-9-13-16-20-23-34(22-19-15-11-7-3)31-39-28-26-37(27-29-39)32-40(33-37)36(41)30-38-35(24-18-12-8-4)25-21-17-14-10-6-2/h34-35,38H,5-33H2,1-4H3. The van der Waals surface area contributed by atoms with E-state index in [-0.39, 0.29) is 0 Å². The second kappa shape index (κ2) is 22.9. The molecule has 242 valence electrons. The second-order valence-corrected chi connectivity index (χ2v) is 14.2. The van der Waals surface area contributed by atoms with Gasteiger partial charge in [0.25, 0.3) is 0 Å². The zero-order valence-electron chi connectivity index (χ0n) is 28.5. The summed E-state index contributed by atoms with van der Waals surface area (Å²) in [5.41, 5.74) is 0.419. The third kappa shape index (κ3) is 15.6. The maximum Gasteiger partial charge on any atom is 0.236 e. The molecule has 2 heterocycles. The van der Waals surface area contributed by atoms with Gasteiger partial charge >= 0.3 is 0 Å². The summed E-state index contributed by atoms with van der Waals surface area (Å²) in [6.07, 6.45) is 31.1. The lowest BCUT2D eigenvalue weighted by Crippen LogP contribution is -2.63. The van der Waals surface area contributed by atoms with Gasteiger partial charge in [-0.2, -0.15) is 0 Å². The Balaban J connectivity index is 1.69. The van der Waals surface area contributed by atoms with Gasteiger partial charge in [0.05, 0.1) is 6.54 Å². The highest BCUT2D eigenvalue weighted by molar-refractivity contribution is 5.79. The largest absolute Gasteiger partial charge is 0.340 e. The van der Waals surface area contributed by atoms with E-state index in [1.54, 1.807) is 0 Å². The van der Waals surface area contributed by atoms with Crippen LogP contribution in [0, 0.1) is 11.3 Å². The van der Waals surface area contributed by atoms with Gasteiger partial charge in [-0.05, 0) is 57.5 Å². The van der Waals surface area contributed by atoms with E-state index in [4.69, 9.17) is 0 Å². The Morgan fingerprint density at radius 1 is 0.634 bits per heavy atom. The Labute approximate surface area is 257 Å². The Hall–Kier alpha value is -0.610. The molecule has 2 aliphatic heterocycles. The van der Waals surface area contributed by atoms with Crippen molar-refractivity contribution >= 4 is 5.91 Å². The smallest absolute Gasteiger partial charge is 0.236 e. The van der Waals surface area contributed by atoms with Gasteiger partial charge in [0.15, 0.2) is 0 Å². The number of amides is 1. The van der Waals surface area contributed by atoms with Crippen LogP contribution in [0.25, 0.3) is 0 Å². The van der Waals surface area contributed by atoms with Crippen LogP contribution in [0.3, 0.4) is 0 Å². The number of hydrogen-bond acceptors (Lipinski definition) is 3. The molecule has 2 atom stereocenters. The average Bonchev–Trinajstić information content (AvgIpc) is 2.96. The highest BCUT2D eigenvalue weighted by Crippen LogP contribution is 2.40. The van der Waals surface area contributed by atoms with Gasteiger partial charge in [0.1, 0.15) is 0 Å². The molecule has 1 amide bonds. The van der Waals surface area contributed by atoms with E-state index in [1.165, 1.54) is 167 Å². The molecule has 4 heteroatoms. The number of piperidine rings is 1. The summed E-state index contributed by atoms with van der Waals surface area (Å²) in [5, 5.41) is 3.69. The molecule has 0 aromatic carbocycles. The van der Waals surface area contributed by atoms with Gasteiger partial charge in [-0.15, -0.1) is 0 Å². The molecule has 0 aromatic rings. The normalized spacial score (nSPS) is 18.5. The van der Waals surface area contributed by atoms with E-state index in [1.807, 2.05) is 0 Å². The maximum absolute atomic E-state index is 13.1. The molecule has 4 nitrogen and oxygen atoms in total. The Bertz CT molecular complexity index is 622. The molecule has 0 bridgehead atoms. The zero-order chi connectivity index (χ0) is 29.6. The van der Waals surface area contributed by atoms with E-state index in [0.29, 0.717) is 23.9 Å². The average molecular weight is 576 g/mol. The quantitative estimate of drug-likeness (QED) is 0.104. The summed E-state index contributed by atoms with van der Waals surface area (Å²) in [6.45, 7) is 15.6. The first kappa shape index (κ1) is 36.6. The van der Waals surface area contributed by atoms with Gasteiger partial charge < -0.3 is 15.1 Å². The van der Waals surface area contributed by atoms with Gasteiger partial charge in [-0.1, -0.05) is 137 Å². The van der Waals surface area contributed by atoms with E-state index in [9.17, 15) is 4.79 Å². The number of carbonyl (C=O) groups excluding carboxylic acids is 1. The van der Waals surface area contributed by atoms with Gasteiger partial charge in [-0.3, -0.25) is 4.79 Å². The topological polar surface area (TPSA) is 35.6 Å². The highest BCUT2D eigenvalue weighted by Gasteiger charge is 2.46. The zero-order valence-corrected chi connectivity index (χ0v) is 28.5. The number of rotatable bonds is 26. The van der Waals surface area contributed by atoms with Crippen molar-refractivity contribution in [3.63, 3.8) is 0 Å². The van der Waals surface area contributed by atoms with Crippen LogP contribution in [0.2, 0.25) is 0 Å². The summed E-state index contributed by atoms with van der Waals surface area (Å²) in [5.74, 6) is 1.24. The highest BCUT2D eigenvalue weighted by atomic mass is 16.2. The lowest BCUT2D eigenvalue weighted by Gasteiger charge is -2.54. The first-order valence-corrected chi connectivity index (χ1v) is 18.8. The fourth-order valence-electron chi connectivity index (χ4n) is 7.38. The summed E-state index contributed by atoms with van der Waals surface area (Å²) in [4.78, 5) is 18.0. The van der Waals surface area contributed by atoms with E-state index in [0.717, 1.165) is 19.0 Å². The number of carbonyl (C=O) groups is 1. The molecule has 2 aliphatic rings. The molecule has 2 rings (SSSR count). The van der Waals surface area contributed by atoms with Crippen LogP contribution in [0.15, 0.2) is 0 Å². The number of nitrogens with zero attached hydrogens (tertiary/aromatic N) is 2. The first-order chi connectivity index (χ1) is 20.1. The SMILES string of the molecule is CCCCCCCC(CCCCCC)CN1CCC2(CC1)CN(C(=O)CNC(CCCCC)CCCCCCC)C2. The first-order valence-electron chi connectivity index (χ1n) is 18.8. The Morgan fingerprint density at radius 3 is 1.61 bits per heavy atom. The van der Waals surface area contributed by atoms with Crippen molar-refractivity contribution < 1.29 is 4.79 Å². The second-order valence-electron chi connectivity index (χ2n) is 14.2. The fraction of sp³-hybridized carbons (Fsp3) is 0.973. The lowest BCUT2D eigenvalue weighted by molar-refractivity contribution is -0.146. The molecule has 2 saturated heterocycles. The van der Waals surface area contributed by atoms with E-state index in [2.05, 4.69) is 42.8 Å². The summed E-state index contributed by atoms with van der Waals surface area (Å²) in [6, 6.07) is 0.521. The van der Waals surface area contributed by atoms with Crippen LogP contribution in [-0.2, 0) is 4.79 Å². The minimum atomic E-state index is 0.347. The van der Waals surface area contributed by atoms with Crippen molar-refractivity contribution in [3.8, 4) is 0 Å². The van der Waals surface area contributed by atoms with Crippen LogP contribution >= 0.6 is 0 Å². The van der Waals surface area contributed by atoms with Gasteiger partial charge in [-0.25, -0.2) is 0 Å². The number of nitrogens with one attached hydrogen (secondary N) is 1. The van der Waals surface area contributed by atoms with E-state index >= 15 is 0 Å². The minimum Gasteiger partial charge on any atom is -0.340 e. The molecule has 41 heavy (non-hydrogen) atoms. The third-order valence-electron chi connectivity index (χ3n) is 10.4. The minimum absolute atomic E-state index is 0.347. The monoisotopic (exact) mass is 576 g/mol. The predicted octanol–water partition coefficient (Wildman–Crippen LogP) is 9.76. The summed E-state index contributed by atoms with van der Waals surface area (Å²) < 4.78 is 0. The molecule has 0 saturated carbocycles. The Kier molecular flexibility index (Phi) is 20.4. The molecular formula is C37H73N3O. The summed E-state index contributed by atoms with van der Waals surface area (Å²) in [7, 11) is 0. The molecule has 1 N–H and O–H groups in total. The van der Waals surface area contributed by atoms with E-state index < -0.39 is 0 Å². The van der Waals surface area contributed by atoms with Crippen molar-refractivity contribution in [1.29, 1.82) is 0 Å². The van der Waals surface area contributed by atoms with Crippen molar-refractivity contribution in [2.75, 3.05) is 39.3 Å². The van der Waals surface area contributed by atoms with Crippen LogP contribution in [-0.4, -0.2) is 61.0 Å². The molecule has 2 fully saturated rings. The van der Waals surface area contributed by atoms with Crippen molar-refractivity contribution in [3.05, 3.63) is 0 Å². The van der Waals surface area contributed by atoms with Crippen LogP contribution in [0.5, 0.6) is 0 Å². The lowest BCUT2D eigenvalue weighted by atomic mass is 9.71. The molecular weight excluding hydrogens is 502 g/mol. The molecule has 0 aliphatic carbocycles. The van der Waals surface area contributed by atoms with Crippen molar-refractivity contribution in [2.45, 2.75) is 181 Å². The van der Waals surface area contributed by atoms with Crippen molar-refractivity contribution in [2.24, 2.45) is 11.3 Å². The van der Waals surface area contributed by atoms with Gasteiger partial charge in [0, 0.05) is 31.1 Å². The van der Waals surface area contributed by atoms with Crippen LogP contribution < -0.4 is 5.32 Å². The van der Waals surface area contributed by atoms with Crippen LogP contribution in [0.1, 0.15) is 175 Å². The van der Waals surface area contributed by atoms with Crippen LogP contribution in [0.4, 0.5) is 0 Å². The Morgan fingerprint density at radius 2 is 1.07 bits per heavy atom. The molecule has 0 aromatic heterocycles.